The number of amides is 8. The van der Waals surface area contributed by atoms with Gasteiger partial charge in [0.2, 0.25) is 71.1 Å². The number of unbranched alkanes of at least 4 members (excludes halogenated alkanes) is 4. The van der Waals surface area contributed by atoms with Gasteiger partial charge in [0.25, 0.3) is 11.8 Å². The lowest BCUT2D eigenvalue weighted by Gasteiger charge is -2.39. The minimum Gasteiger partial charge on any atom is -0.533 e. The van der Waals surface area contributed by atoms with Gasteiger partial charge in [0.1, 0.15) is 12.2 Å². The van der Waals surface area contributed by atoms with Crippen LogP contribution in [0.2, 0.25) is 0 Å². The highest BCUT2D eigenvalue weighted by Gasteiger charge is 2.47. The number of nitrogens with two attached hydrogens (primary N) is 2. The number of piperazine rings is 6. The number of aromatic nitrogens is 12. The number of aliphatic hydroxyl groups is 2. The van der Waals surface area contributed by atoms with E-state index in [9.17, 15) is 58.8 Å². The maximum Gasteiger partial charge on any atom is 0.258 e. The van der Waals surface area contributed by atoms with Gasteiger partial charge in [-0.05, 0) is 107 Å². The van der Waals surface area contributed by atoms with Crippen LogP contribution in [0.1, 0.15) is 145 Å². The summed E-state index contributed by atoms with van der Waals surface area (Å²) in [6.07, 6.45) is 26.1. The molecular weight excluding hydrogens is 1800 g/mol. The van der Waals surface area contributed by atoms with Crippen molar-refractivity contribution in [3.63, 3.8) is 0 Å². The van der Waals surface area contributed by atoms with Gasteiger partial charge in [-0.3, -0.25) is 89.2 Å². The summed E-state index contributed by atoms with van der Waals surface area (Å²) < 4.78 is 0. The summed E-state index contributed by atoms with van der Waals surface area (Å²) in [5.41, 5.74) is -1.75. The standard InChI is InChI=1S/C19H29N5O4.2C19H29N5O3.C19H29N5O2.C8H13N5O.C8H13N5.H3P2/c1-19(2)11-15(26)24(17(28)16(19)27)6-4-3-5-22-7-9-23(10-8-22)18-20-12-14(25)13-21-18;1-19(2)14-15(25)24(17(27)16(19)26)9-4-3-8-22-10-12-23(13-11-22)18-20-6-5-7-21-18;1-19(2)11-16(26)24(17(27)12-19)6-4-3-5-22-7-9-23(10-8-22)18-20-13-15(25)14-21-18;1-19(2)14-16(25)24(17(26)15-19)9-4-3-8-22-10-12-23(13-11-22)18-20-6-5-7-21-18;9-13-3-1-12(2-4-13)8-10-5-7(14)6-11-8;9-13-6-4-12(5-7-13)8-10-2-1-3-11-8;1-2/h12-13,16,25,27H,3-11H2,1-2H3;5-7,16,26H,3-4,8-14H2,1-2H3;13-14,25H,3-12H2,1-2H3;5-7H,3-4,8-15H2,1-2H3;5-6,14H,1-4,9H2;1-3H,4-7,9H2;1H,2H2/q;;;;;;-1. The van der Waals surface area contributed by atoms with Crippen molar-refractivity contribution >= 4 is 101 Å². The molecule has 137 heavy (non-hydrogen) atoms. The molecule has 3 atom stereocenters. The maximum absolute atomic E-state index is 12.3. The van der Waals surface area contributed by atoms with Gasteiger partial charge in [0.15, 0.2) is 17.2 Å². The van der Waals surface area contributed by atoms with Gasteiger partial charge < -0.3 is 72.8 Å². The molecular formula is C92H145N30O13P2-. The molecule has 10 aliphatic heterocycles. The Labute approximate surface area is 809 Å². The summed E-state index contributed by atoms with van der Waals surface area (Å²) in [5, 5.41) is 51.4. The van der Waals surface area contributed by atoms with Gasteiger partial charge in [-0.1, -0.05) is 55.4 Å². The second-order valence-corrected chi connectivity index (χ2v) is 38.9. The number of rotatable bonds is 26. The number of nitrogens with zero attached hydrogens (tertiary/aromatic N) is 28. The molecule has 45 heteroatoms. The highest BCUT2D eigenvalue weighted by atomic mass is 32.0. The molecule has 3 unspecified atom stereocenters. The Bertz CT molecular complexity index is 4660. The normalized spacial score (nSPS) is 21.4. The van der Waals surface area contributed by atoms with Gasteiger partial charge in [-0.15, -0.1) is 0 Å². The van der Waals surface area contributed by atoms with Crippen LogP contribution in [0.3, 0.4) is 0 Å². The van der Waals surface area contributed by atoms with E-state index in [-0.39, 0.29) is 76.4 Å². The van der Waals surface area contributed by atoms with Crippen LogP contribution in [0.25, 0.3) is 0 Å². The Hall–Kier alpha value is -10.3. The summed E-state index contributed by atoms with van der Waals surface area (Å²) >= 11 is 0. The number of imide groups is 4. The number of hydrogen-bond acceptors (Lipinski definition) is 39. The van der Waals surface area contributed by atoms with Crippen LogP contribution >= 0.6 is 17.9 Å². The molecule has 0 saturated carbocycles. The quantitative estimate of drug-likeness (QED) is 0.0177. The summed E-state index contributed by atoms with van der Waals surface area (Å²) in [5.74, 6) is 14.4. The molecule has 10 fully saturated rings. The van der Waals surface area contributed by atoms with Crippen molar-refractivity contribution in [1.29, 1.82) is 0 Å². The third kappa shape index (κ3) is 34.0. The Morgan fingerprint density at radius 2 is 0.467 bits per heavy atom. The number of carbonyl (C=O) groups excluding carboxylic acids is 8. The molecule has 16 rings (SSSR count). The summed E-state index contributed by atoms with van der Waals surface area (Å²) in [7, 11) is 5.11. The number of aromatic hydroxyl groups is 3. The molecule has 9 N–H and O–H groups in total. The van der Waals surface area contributed by atoms with Crippen LogP contribution in [-0.2, 0) is 38.4 Å². The van der Waals surface area contributed by atoms with Crippen molar-refractivity contribution in [1.82, 2.24) is 109 Å². The van der Waals surface area contributed by atoms with E-state index in [0.29, 0.717) is 69.7 Å². The molecule has 6 aromatic rings. The van der Waals surface area contributed by atoms with E-state index in [1.54, 1.807) is 69.9 Å². The number of hydrogen-bond donors (Lipinski definition) is 7. The van der Waals surface area contributed by atoms with Crippen LogP contribution in [-0.4, -0.2) is 403 Å². The fraction of sp³-hybridized carbons (Fsp3) is 0.652. The van der Waals surface area contributed by atoms with Crippen LogP contribution in [0.5, 0.6) is 17.2 Å². The van der Waals surface area contributed by atoms with E-state index in [2.05, 4.69) is 122 Å². The number of likely N-dealkylation sites (tertiary alicyclic amines) is 4. The molecule has 6 aromatic heterocycles. The van der Waals surface area contributed by atoms with E-state index in [0.717, 1.165) is 252 Å². The highest BCUT2D eigenvalue weighted by Crippen LogP contribution is 2.36. The van der Waals surface area contributed by atoms with Gasteiger partial charge in [-0.25, -0.2) is 69.8 Å². The Morgan fingerprint density at radius 1 is 0.285 bits per heavy atom. The Morgan fingerprint density at radius 3 is 0.686 bits per heavy atom. The molecule has 752 valence electrons. The molecule has 8 amide bonds. The minimum absolute atomic E-state index is 0.0114. The Balaban J connectivity index is 0.000000172. The van der Waals surface area contributed by atoms with Gasteiger partial charge in [0, 0.05) is 270 Å². The summed E-state index contributed by atoms with van der Waals surface area (Å²) in [6, 6.07) is 5.47. The Kier molecular flexibility index (Phi) is 42.2. The number of anilines is 6. The lowest BCUT2D eigenvalue weighted by atomic mass is 9.79. The third-order valence-electron chi connectivity index (χ3n) is 25.8. The van der Waals surface area contributed by atoms with Gasteiger partial charge >= 0.3 is 0 Å². The first kappa shape index (κ1) is 109. The minimum atomic E-state index is -1.11. The lowest BCUT2D eigenvalue weighted by Crippen LogP contribution is -2.55. The average Bonchev–Trinajstić information content (AvgIpc) is 0.794. The topological polar surface area (TPSA) is 496 Å². The second kappa shape index (κ2) is 53.2. The summed E-state index contributed by atoms with van der Waals surface area (Å²) in [6.45, 7) is 41.9. The molecule has 10 saturated heterocycles. The van der Waals surface area contributed by atoms with E-state index in [1.165, 1.54) is 56.8 Å². The second-order valence-electron chi connectivity index (χ2n) is 38.9. The van der Waals surface area contributed by atoms with Crippen LogP contribution < -0.4 is 41.1 Å². The van der Waals surface area contributed by atoms with Crippen LogP contribution in [0, 0.1) is 21.7 Å². The van der Waals surface area contributed by atoms with Crippen LogP contribution in [0.15, 0.2) is 92.6 Å². The zero-order valence-electron chi connectivity index (χ0n) is 81.1. The molecule has 43 nitrogen and oxygen atoms in total. The molecule has 0 aromatic carbocycles. The monoisotopic (exact) mass is 1940 g/mol. The van der Waals surface area contributed by atoms with Crippen molar-refractivity contribution in [2.45, 2.75) is 157 Å². The zero-order chi connectivity index (χ0) is 98.8. The predicted molar refractivity (Wildman–Crippen MR) is 524 cm³/mol. The molecule has 0 aliphatic carbocycles. The van der Waals surface area contributed by atoms with Gasteiger partial charge in [0.05, 0.1) is 37.2 Å². The van der Waals surface area contributed by atoms with E-state index in [4.69, 9.17) is 16.8 Å². The van der Waals surface area contributed by atoms with E-state index in [1.807, 2.05) is 55.8 Å². The highest BCUT2D eigenvalue weighted by molar-refractivity contribution is 7.92. The zero-order valence-corrected chi connectivity index (χ0v) is 83.3. The number of aliphatic hydroxyl groups excluding tert-OH is 2. The van der Waals surface area contributed by atoms with Crippen molar-refractivity contribution in [3.05, 3.63) is 92.6 Å². The van der Waals surface area contributed by atoms with Crippen molar-refractivity contribution in [2.24, 2.45) is 33.3 Å². The number of piperidine rings is 4. The predicted octanol–water partition coefficient (Wildman–Crippen LogP) is 3.14. The van der Waals surface area contributed by atoms with Crippen molar-refractivity contribution in [2.75, 3.05) is 239 Å². The maximum atomic E-state index is 12.3. The van der Waals surface area contributed by atoms with E-state index < -0.39 is 34.9 Å². The molecule has 0 radical (unpaired) electrons. The first-order valence-electron chi connectivity index (χ1n) is 47.8. The number of carbonyl (C=O) groups is 8. The SMILES string of the molecule is CC1(C)CC(=O)N(CCCCN2CCN(c3ncc(O)cn3)CC2)C(=O)C1.CC1(C)CC(=O)N(CCCCN2CCN(c3ncc(O)cn3)CC2)C(=O)C1O.CC1(C)CC(=O)N(CCCCN2CCN(c3ncccn3)CC2)C(=O)C1.CC1(C)CC(=O)N(CCCCN2CCN(c3ncccn3)CC2)C(=O)C1O.NN1CCN(c2ncc(O)cn2)CC1.NN1CCN(c2ncccn2)CC1.[PH-]P. The lowest BCUT2D eigenvalue weighted by molar-refractivity contribution is -0.166. The molecule has 10 aliphatic rings. The fourth-order valence-corrected chi connectivity index (χ4v) is 17.5. The smallest absolute Gasteiger partial charge is 0.258 e. The largest absolute Gasteiger partial charge is 0.533 e. The van der Waals surface area contributed by atoms with Crippen LogP contribution in [0.4, 0.5) is 35.7 Å². The number of hydrazine groups is 2. The van der Waals surface area contributed by atoms with Gasteiger partial charge in [-0.2, -0.15) is 0 Å². The molecule has 16 heterocycles. The molecule has 0 spiro atoms. The van der Waals surface area contributed by atoms with Crippen molar-refractivity contribution in [3.8, 4) is 17.2 Å². The van der Waals surface area contributed by atoms with E-state index >= 15 is 0 Å². The average molecular weight is 1940 g/mol. The first-order chi connectivity index (χ1) is 65.6. The third-order valence-corrected chi connectivity index (χ3v) is 25.8. The first-order valence-corrected chi connectivity index (χ1v) is 50.1. The van der Waals surface area contributed by atoms with Crippen molar-refractivity contribution < 1.29 is 63.9 Å². The fourth-order valence-electron chi connectivity index (χ4n) is 17.5. The summed E-state index contributed by atoms with van der Waals surface area (Å²) in [4.78, 5) is 175. The molecule has 0 bridgehead atoms.